The smallest absolute Gasteiger partial charge is 0.306 e. The van der Waals surface area contributed by atoms with Gasteiger partial charge in [0.25, 0.3) is 0 Å². The monoisotopic (exact) mass is 266 g/mol. The highest BCUT2D eigenvalue weighted by Crippen LogP contribution is 2.31. The number of carboxylic acids is 1. The maximum atomic E-state index is 13.3. The average Bonchev–Trinajstić information content (AvgIpc) is 2.38. The molecule has 0 saturated heterocycles. The molecule has 0 unspecified atom stereocenters. The van der Waals surface area contributed by atoms with Crippen LogP contribution in [0.3, 0.4) is 0 Å². The number of benzene rings is 1. The van der Waals surface area contributed by atoms with Crippen LogP contribution in [-0.4, -0.2) is 16.2 Å². The van der Waals surface area contributed by atoms with Crippen molar-refractivity contribution in [1.82, 2.24) is 0 Å². The molecule has 4 heteroatoms. The number of carbonyl (C=O) groups is 1. The number of aliphatic carboxylic acids is 1. The van der Waals surface area contributed by atoms with Crippen molar-refractivity contribution >= 4 is 5.97 Å². The Morgan fingerprint density at radius 1 is 1.16 bits per heavy atom. The number of aliphatic hydroxyl groups is 1. The van der Waals surface area contributed by atoms with Gasteiger partial charge in [0, 0.05) is 0 Å². The zero-order valence-electron chi connectivity index (χ0n) is 10.8. The van der Waals surface area contributed by atoms with Crippen molar-refractivity contribution in [2.45, 2.75) is 38.7 Å². The minimum Gasteiger partial charge on any atom is -0.481 e. The van der Waals surface area contributed by atoms with Crippen molar-refractivity contribution in [3.05, 3.63) is 35.1 Å². The van der Waals surface area contributed by atoms with Gasteiger partial charge in [-0.15, -0.1) is 0 Å². The quantitative estimate of drug-likeness (QED) is 0.881. The molecular weight excluding hydrogens is 247 g/mol. The average molecular weight is 266 g/mol. The molecule has 19 heavy (non-hydrogen) atoms. The minimum absolute atomic E-state index is 0.156. The number of hydrogen-bond acceptors (Lipinski definition) is 2. The van der Waals surface area contributed by atoms with Crippen molar-refractivity contribution in [2.75, 3.05) is 0 Å². The minimum atomic E-state index is -0.702. The Morgan fingerprint density at radius 3 is 2.37 bits per heavy atom. The highest BCUT2D eigenvalue weighted by Gasteiger charge is 2.25. The Labute approximate surface area is 112 Å². The molecule has 0 amide bonds. The molecule has 0 atom stereocenters. The van der Waals surface area contributed by atoms with Gasteiger partial charge in [0.1, 0.15) is 5.82 Å². The summed E-state index contributed by atoms with van der Waals surface area (Å²) in [5, 5.41) is 18.0. The van der Waals surface area contributed by atoms with Gasteiger partial charge in [-0.05, 0) is 61.3 Å². The first-order chi connectivity index (χ1) is 9.08. The predicted octanol–water partition coefficient (Wildman–Crippen LogP) is 2.75. The number of rotatable bonds is 4. The van der Waals surface area contributed by atoms with Crippen LogP contribution < -0.4 is 0 Å². The second-order valence-corrected chi connectivity index (χ2v) is 5.39. The van der Waals surface area contributed by atoms with Gasteiger partial charge in [-0.3, -0.25) is 4.79 Å². The maximum absolute atomic E-state index is 13.3. The zero-order valence-corrected chi connectivity index (χ0v) is 10.8. The van der Waals surface area contributed by atoms with Crippen molar-refractivity contribution < 1.29 is 19.4 Å². The van der Waals surface area contributed by atoms with Gasteiger partial charge in [-0.1, -0.05) is 6.07 Å². The van der Waals surface area contributed by atoms with Crippen LogP contribution in [0.2, 0.25) is 0 Å². The summed E-state index contributed by atoms with van der Waals surface area (Å²) in [6, 6.07) is 4.67. The van der Waals surface area contributed by atoms with Crippen LogP contribution in [0.15, 0.2) is 18.2 Å². The van der Waals surface area contributed by atoms with Crippen LogP contribution in [0.25, 0.3) is 0 Å². The van der Waals surface area contributed by atoms with E-state index in [0.717, 1.165) is 24.8 Å². The Hall–Kier alpha value is -1.42. The predicted molar refractivity (Wildman–Crippen MR) is 69.1 cm³/mol. The van der Waals surface area contributed by atoms with Gasteiger partial charge >= 0.3 is 5.97 Å². The van der Waals surface area contributed by atoms with E-state index in [2.05, 4.69) is 0 Å². The Balaban J connectivity index is 1.95. The highest BCUT2D eigenvalue weighted by molar-refractivity contribution is 5.69. The number of carboxylic acid groups (broad SMARTS) is 1. The summed E-state index contributed by atoms with van der Waals surface area (Å²) in [5.74, 6) is -0.812. The molecule has 1 aliphatic carbocycles. The first-order valence-electron chi connectivity index (χ1n) is 6.70. The lowest BCUT2D eigenvalue weighted by Crippen LogP contribution is -2.22. The Kier molecular flexibility index (Phi) is 4.53. The lowest BCUT2D eigenvalue weighted by Gasteiger charge is -2.26. The molecule has 104 valence electrons. The normalized spacial score (nSPS) is 23.3. The topological polar surface area (TPSA) is 57.5 Å². The lowest BCUT2D eigenvalue weighted by molar-refractivity contribution is -0.143. The summed E-state index contributed by atoms with van der Waals surface area (Å²) in [7, 11) is 0. The molecule has 0 spiro atoms. The second-order valence-electron chi connectivity index (χ2n) is 5.39. The zero-order chi connectivity index (χ0) is 13.8. The summed E-state index contributed by atoms with van der Waals surface area (Å²) in [6.07, 6.45) is 3.94. The van der Waals surface area contributed by atoms with E-state index in [0.29, 0.717) is 24.3 Å². The molecule has 1 aliphatic rings. The summed E-state index contributed by atoms with van der Waals surface area (Å²) >= 11 is 0. The van der Waals surface area contributed by atoms with Crippen LogP contribution >= 0.6 is 0 Å². The molecule has 1 fully saturated rings. The van der Waals surface area contributed by atoms with Gasteiger partial charge in [0.15, 0.2) is 0 Å². The first kappa shape index (κ1) is 14.0. The highest BCUT2D eigenvalue weighted by atomic mass is 19.1. The van der Waals surface area contributed by atoms with Crippen molar-refractivity contribution in [3.63, 3.8) is 0 Å². The third-order valence-electron chi connectivity index (χ3n) is 3.92. The molecule has 3 nitrogen and oxygen atoms in total. The number of halogens is 1. The fraction of sp³-hybridized carbons (Fsp3) is 0.533. The van der Waals surface area contributed by atoms with Gasteiger partial charge in [-0.25, -0.2) is 4.39 Å². The molecule has 0 heterocycles. The summed E-state index contributed by atoms with van der Waals surface area (Å²) in [5.41, 5.74) is 1.48. The van der Waals surface area contributed by atoms with Gasteiger partial charge < -0.3 is 10.2 Å². The van der Waals surface area contributed by atoms with E-state index in [1.54, 1.807) is 0 Å². The summed E-state index contributed by atoms with van der Waals surface area (Å²) < 4.78 is 13.3. The molecule has 1 aromatic rings. The molecule has 1 aromatic carbocycles. The van der Waals surface area contributed by atoms with Crippen molar-refractivity contribution in [3.8, 4) is 0 Å². The van der Waals surface area contributed by atoms with E-state index < -0.39 is 5.97 Å². The van der Waals surface area contributed by atoms with Crippen LogP contribution in [0, 0.1) is 17.7 Å². The molecule has 0 bridgehead atoms. The molecule has 0 radical (unpaired) electrons. The summed E-state index contributed by atoms with van der Waals surface area (Å²) in [4.78, 5) is 10.9. The second kappa shape index (κ2) is 6.15. The van der Waals surface area contributed by atoms with Gasteiger partial charge in [0.05, 0.1) is 12.5 Å². The molecule has 1 saturated carbocycles. The first-order valence-corrected chi connectivity index (χ1v) is 6.70. The fourth-order valence-electron chi connectivity index (χ4n) is 2.87. The standard InChI is InChI=1S/C15H19FO3/c16-14-7-11(6-12(8-14)9-17)5-10-1-3-13(4-2-10)15(18)19/h6-8,10,13,17H,1-5,9H2,(H,18,19). The molecule has 2 rings (SSSR count). The van der Waals surface area contributed by atoms with Gasteiger partial charge in [0.2, 0.25) is 0 Å². The van der Waals surface area contributed by atoms with E-state index in [1.165, 1.54) is 12.1 Å². The van der Waals surface area contributed by atoms with Crippen LogP contribution in [-0.2, 0) is 17.8 Å². The van der Waals surface area contributed by atoms with Crippen LogP contribution in [0.4, 0.5) is 4.39 Å². The fourth-order valence-corrected chi connectivity index (χ4v) is 2.87. The van der Waals surface area contributed by atoms with Crippen molar-refractivity contribution in [1.29, 1.82) is 0 Å². The molecule has 2 N–H and O–H groups in total. The SMILES string of the molecule is O=C(O)C1CCC(Cc2cc(F)cc(CO)c2)CC1. The van der Waals surface area contributed by atoms with E-state index in [9.17, 15) is 9.18 Å². The maximum Gasteiger partial charge on any atom is 0.306 e. The van der Waals surface area contributed by atoms with Crippen molar-refractivity contribution in [2.24, 2.45) is 11.8 Å². The molecule has 0 aliphatic heterocycles. The largest absolute Gasteiger partial charge is 0.481 e. The number of hydrogen-bond donors (Lipinski definition) is 2. The molecular formula is C15H19FO3. The lowest BCUT2D eigenvalue weighted by atomic mass is 9.79. The van der Waals surface area contributed by atoms with E-state index in [-0.39, 0.29) is 18.3 Å². The Morgan fingerprint density at radius 2 is 1.79 bits per heavy atom. The van der Waals surface area contributed by atoms with Crippen LogP contribution in [0.1, 0.15) is 36.8 Å². The third-order valence-corrected chi connectivity index (χ3v) is 3.92. The van der Waals surface area contributed by atoms with E-state index in [1.807, 2.05) is 6.07 Å². The van der Waals surface area contributed by atoms with E-state index in [4.69, 9.17) is 10.2 Å². The van der Waals surface area contributed by atoms with E-state index >= 15 is 0 Å². The summed E-state index contributed by atoms with van der Waals surface area (Å²) in [6.45, 7) is -0.156. The molecule has 0 aromatic heterocycles. The Bertz CT molecular complexity index is 451. The third kappa shape index (κ3) is 3.77. The van der Waals surface area contributed by atoms with Crippen LogP contribution in [0.5, 0.6) is 0 Å². The number of aliphatic hydroxyl groups excluding tert-OH is 1. The van der Waals surface area contributed by atoms with Gasteiger partial charge in [-0.2, -0.15) is 0 Å².